The predicted octanol–water partition coefficient (Wildman–Crippen LogP) is 1.96. The Morgan fingerprint density at radius 3 is 2.91 bits per heavy atom. The molecule has 0 spiro atoms. The maximum absolute atomic E-state index is 12.4. The molecule has 0 saturated carbocycles. The van der Waals surface area contributed by atoms with E-state index in [2.05, 4.69) is 34.9 Å². The van der Waals surface area contributed by atoms with Crippen LogP contribution in [0.4, 0.5) is 0 Å². The number of nitrogens with one attached hydrogen (secondary N) is 2. The summed E-state index contributed by atoms with van der Waals surface area (Å²) in [5.41, 5.74) is 4.52. The minimum Gasteiger partial charge on any atom is -0.377 e. The van der Waals surface area contributed by atoms with Crippen LogP contribution in [0.1, 0.15) is 33.8 Å². The third kappa shape index (κ3) is 2.67. The summed E-state index contributed by atoms with van der Waals surface area (Å²) in [6.07, 6.45) is 3.05. The van der Waals surface area contributed by atoms with Gasteiger partial charge in [-0.2, -0.15) is 0 Å². The fourth-order valence-electron chi connectivity index (χ4n) is 3.70. The van der Waals surface area contributed by atoms with Crippen molar-refractivity contribution in [2.24, 2.45) is 5.92 Å². The number of halogens is 1. The van der Waals surface area contributed by atoms with Gasteiger partial charge in [-0.25, -0.2) is 0 Å². The molecule has 2 atom stereocenters. The number of carbonyl (C=O) groups excluding carboxylic acids is 1. The van der Waals surface area contributed by atoms with Gasteiger partial charge in [-0.3, -0.25) is 4.79 Å². The van der Waals surface area contributed by atoms with E-state index in [9.17, 15) is 4.79 Å². The molecule has 0 unspecified atom stereocenters. The molecule has 4 rings (SSSR count). The van der Waals surface area contributed by atoms with Crippen LogP contribution in [0.25, 0.3) is 5.57 Å². The van der Waals surface area contributed by atoms with Gasteiger partial charge in [0.15, 0.2) is 0 Å². The van der Waals surface area contributed by atoms with Crippen molar-refractivity contribution in [3.05, 3.63) is 41.0 Å². The molecule has 1 amide bonds. The van der Waals surface area contributed by atoms with Gasteiger partial charge in [0.2, 0.25) is 0 Å². The Morgan fingerprint density at radius 1 is 1.18 bits per heavy atom. The summed E-state index contributed by atoms with van der Waals surface area (Å²) in [5, 5.41) is 6.53. The van der Waals surface area contributed by atoms with Crippen LogP contribution in [-0.4, -0.2) is 38.8 Å². The van der Waals surface area contributed by atoms with Crippen LogP contribution in [0.5, 0.6) is 0 Å². The van der Waals surface area contributed by atoms with E-state index in [4.69, 9.17) is 4.74 Å². The van der Waals surface area contributed by atoms with E-state index in [1.165, 1.54) is 11.1 Å². The topological polar surface area (TPSA) is 50.4 Å². The number of fused-ring (bicyclic) bond motifs is 3. The van der Waals surface area contributed by atoms with Gasteiger partial charge in [0.25, 0.3) is 5.91 Å². The third-order valence-electron chi connectivity index (χ3n) is 4.90. The quantitative estimate of drug-likeness (QED) is 0.831. The summed E-state index contributed by atoms with van der Waals surface area (Å²) in [6, 6.07) is 6.41. The maximum atomic E-state index is 12.4. The van der Waals surface area contributed by atoms with Gasteiger partial charge in [-0.05, 0) is 35.1 Å². The van der Waals surface area contributed by atoms with E-state index in [0.29, 0.717) is 18.4 Å². The Hall–Kier alpha value is -1.36. The number of rotatable bonds is 1. The summed E-state index contributed by atoms with van der Waals surface area (Å²) in [7, 11) is 0. The smallest absolute Gasteiger partial charge is 0.251 e. The Kier molecular flexibility index (Phi) is 4.52. The Labute approximate surface area is 136 Å². The first-order valence-electron chi connectivity index (χ1n) is 7.73. The van der Waals surface area contributed by atoms with Crippen LogP contribution in [0.3, 0.4) is 0 Å². The Bertz CT molecular complexity index is 615. The average Bonchev–Trinajstić information content (AvgIpc) is 2.96. The molecule has 3 heterocycles. The average molecular weight is 321 g/mol. The zero-order valence-corrected chi connectivity index (χ0v) is 13.2. The lowest BCUT2D eigenvalue weighted by Gasteiger charge is -2.18. The molecule has 0 bridgehead atoms. The number of amides is 1. The molecule has 118 valence electrons. The largest absolute Gasteiger partial charge is 0.377 e. The molecule has 4 nitrogen and oxygen atoms in total. The fourth-order valence-corrected chi connectivity index (χ4v) is 3.70. The van der Waals surface area contributed by atoms with E-state index < -0.39 is 0 Å². The van der Waals surface area contributed by atoms with Crippen LogP contribution in [0.15, 0.2) is 24.3 Å². The van der Waals surface area contributed by atoms with Gasteiger partial charge in [-0.1, -0.05) is 18.2 Å². The van der Waals surface area contributed by atoms with Crippen molar-refractivity contribution >= 4 is 23.9 Å². The molecule has 0 aliphatic carbocycles. The molecule has 2 N–H and O–H groups in total. The van der Waals surface area contributed by atoms with Crippen molar-refractivity contribution < 1.29 is 9.53 Å². The second-order valence-corrected chi connectivity index (χ2v) is 6.09. The molecule has 3 aliphatic rings. The van der Waals surface area contributed by atoms with Gasteiger partial charge < -0.3 is 15.4 Å². The molecule has 0 aromatic heterocycles. The van der Waals surface area contributed by atoms with Gasteiger partial charge >= 0.3 is 0 Å². The molecule has 3 aliphatic heterocycles. The Morgan fingerprint density at radius 2 is 2.09 bits per heavy atom. The zero-order chi connectivity index (χ0) is 14.2. The molecule has 5 heteroatoms. The van der Waals surface area contributed by atoms with Crippen LogP contribution < -0.4 is 10.6 Å². The number of ether oxygens (including phenoxy) is 1. The zero-order valence-electron chi connectivity index (χ0n) is 12.4. The van der Waals surface area contributed by atoms with E-state index in [-0.39, 0.29) is 18.3 Å². The first-order valence-corrected chi connectivity index (χ1v) is 7.73. The molecular formula is C17H21ClN2O2. The summed E-state index contributed by atoms with van der Waals surface area (Å²) in [4.78, 5) is 12.4. The Balaban J connectivity index is 0.00000144. The molecule has 0 radical (unpaired) electrons. The van der Waals surface area contributed by atoms with Gasteiger partial charge in [-0.15, -0.1) is 12.4 Å². The molecular weight excluding hydrogens is 300 g/mol. The molecule has 1 saturated heterocycles. The molecule has 1 aromatic carbocycles. The maximum Gasteiger partial charge on any atom is 0.251 e. The minimum absolute atomic E-state index is 0. The molecule has 1 aromatic rings. The van der Waals surface area contributed by atoms with Crippen molar-refractivity contribution in [3.63, 3.8) is 0 Å². The van der Waals surface area contributed by atoms with Crippen LogP contribution >= 0.6 is 12.4 Å². The fraction of sp³-hybridized carbons (Fsp3) is 0.471. The van der Waals surface area contributed by atoms with Crippen LogP contribution in [0.2, 0.25) is 0 Å². The summed E-state index contributed by atoms with van der Waals surface area (Å²) < 4.78 is 5.37. The lowest BCUT2D eigenvalue weighted by atomic mass is 9.85. The van der Waals surface area contributed by atoms with E-state index in [0.717, 1.165) is 43.8 Å². The first-order chi connectivity index (χ1) is 10.3. The lowest BCUT2D eigenvalue weighted by Crippen LogP contribution is -2.28. The van der Waals surface area contributed by atoms with Crippen LogP contribution in [-0.2, 0) is 4.74 Å². The first kappa shape index (κ1) is 15.5. The normalized spacial score (nSPS) is 26.9. The highest BCUT2D eigenvalue weighted by Gasteiger charge is 2.34. The number of carbonyl (C=O) groups is 1. The van der Waals surface area contributed by atoms with Gasteiger partial charge in [0.1, 0.15) is 0 Å². The van der Waals surface area contributed by atoms with E-state index in [1.807, 2.05) is 0 Å². The summed E-state index contributed by atoms with van der Waals surface area (Å²) in [5.74, 6) is 1.05. The number of benzene rings is 1. The predicted molar refractivity (Wildman–Crippen MR) is 88.5 cm³/mol. The second kappa shape index (κ2) is 6.41. The van der Waals surface area contributed by atoms with Gasteiger partial charge in [0, 0.05) is 31.1 Å². The van der Waals surface area contributed by atoms with Crippen molar-refractivity contribution in [2.45, 2.75) is 12.3 Å². The van der Waals surface area contributed by atoms with Crippen molar-refractivity contribution in [1.29, 1.82) is 0 Å². The molecule has 22 heavy (non-hydrogen) atoms. The van der Waals surface area contributed by atoms with Crippen LogP contribution in [0, 0.1) is 5.92 Å². The van der Waals surface area contributed by atoms with E-state index in [1.54, 1.807) is 0 Å². The van der Waals surface area contributed by atoms with Crippen molar-refractivity contribution in [1.82, 2.24) is 10.6 Å². The minimum atomic E-state index is 0. The SMILES string of the molecule is Cl.O=C1NC[C@@H]2CNC[C@H]2c2ccc(C3=CCOCC3)cc21. The third-order valence-corrected chi connectivity index (χ3v) is 4.90. The number of hydrogen-bond acceptors (Lipinski definition) is 3. The second-order valence-electron chi connectivity index (χ2n) is 6.09. The highest BCUT2D eigenvalue weighted by Crippen LogP contribution is 2.34. The van der Waals surface area contributed by atoms with E-state index >= 15 is 0 Å². The highest BCUT2D eigenvalue weighted by atomic mass is 35.5. The van der Waals surface area contributed by atoms with Crippen molar-refractivity contribution in [3.8, 4) is 0 Å². The standard InChI is InChI=1S/C17H20N2O2.ClH/c20-17-15-7-12(11-3-5-21-6-4-11)1-2-14(15)16-10-18-8-13(16)9-19-17;/h1-3,7,13,16,18H,4-6,8-10H2,(H,19,20);1H/t13-,16+;/m0./s1. The van der Waals surface area contributed by atoms with Gasteiger partial charge in [0.05, 0.1) is 13.2 Å². The highest BCUT2D eigenvalue weighted by molar-refractivity contribution is 5.97. The lowest BCUT2D eigenvalue weighted by molar-refractivity contribution is 0.0952. The summed E-state index contributed by atoms with van der Waals surface area (Å²) in [6.45, 7) is 4.19. The molecule has 1 fully saturated rings. The monoisotopic (exact) mass is 320 g/mol. The summed E-state index contributed by atoms with van der Waals surface area (Å²) >= 11 is 0. The number of hydrogen-bond donors (Lipinski definition) is 2. The van der Waals surface area contributed by atoms with Crippen molar-refractivity contribution in [2.75, 3.05) is 32.8 Å².